The molecular weight excluding hydrogens is 282 g/mol. The number of carbonyl (C=O) groups excluding carboxylic acids is 1. The second-order valence-corrected chi connectivity index (χ2v) is 5.27. The van der Waals surface area contributed by atoms with Gasteiger partial charge in [-0.15, -0.1) is 0 Å². The summed E-state index contributed by atoms with van der Waals surface area (Å²) in [6.45, 7) is 5.67. The zero-order valence-electron chi connectivity index (χ0n) is 13.4. The fourth-order valence-electron chi connectivity index (χ4n) is 2.67. The Kier molecular flexibility index (Phi) is 6.33. The number of nitrogens with one attached hydrogen (secondary N) is 1. The van der Waals surface area contributed by atoms with Crippen molar-refractivity contribution in [3.63, 3.8) is 0 Å². The zero-order valence-corrected chi connectivity index (χ0v) is 13.4. The number of hydrogen-bond donors (Lipinski definition) is 1. The van der Waals surface area contributed by atoms with Gasteiger partial charge in [0.15, 0.2) is 0 Å². The largest absolute Gasteiger partial charge is 0.495 e. The van der Waals surface area contributed by atoms with E-state index in [1.54, 1.807) is 7.11 Å². The molecule has 2 rings (SSSR count). The molecule has 1 aliphatic rings. The van der Waals surface area contributed by atoms with E-state index >= 15 is 0 Å². The van der Waals surface area contributed by atoms with Gasteiger partial charge in [0, 0.05) is 32.7 Å². The number of benzene rings is 1. The minimum atomic E-state index is -0.360. The number of rotatable bonds is 6. The maximum absolute atomic E-state index is 11.0. The number of ether oxygens (including phenoxy) is 2. The Morgan fingerprint density at radius 2 is 1.91 bits per heavy atom. The predicted molar refractivity (Wildman–Crippen MR) is 86.7 cm³/mol. The Morgan fingerprint density at radius 1 is 1.18 bits per heavy atom. The first-order chi connectivity index (χ1) is 10.7. The number of para-hydroxylation sites is 2. The lowest BCUT2D eigenvalue weighted by atomic mass is 10.2. The number of carbonyl (C=O) groups is 1. The van der Waals surface area contributed by atoms with Crippen molar-refractivity contribution in [1.82, 2.24) is 10.2 Å². The maximum atomic E-state index is 11.0. The van der Waals surface area contributed by atoms with Crippen LogP contribution in [0, 0.1) is 0 Å². The van der Waals surface area contributed by atoms with E-state index in [0.717, 1.165) is 50.6 Å². The smallest absolute Gasteiger partial charge is 0.406 e. The van der Waals surface area contributed by atoms with E-state index < -0.39 is 0 Å². The Bertz CT molecular complexity index is 473. The molecule has 22 heavy (non-hydrogen) atoms. The molecule has 1 fully saturated rings. The first-order valence-corrected chi connectivity index (χ1v) is 7.66. The Hall–Kier alpha value is -1.95. The van der Waals surface area contributed by atoms with Gasteiger partial charge in [-0.05, 0) is 25.1 Å². The van der Waals surface area contributed by atoms with Gasteiger partial charge in [0.05, 0.1) is 19.9 Å². The minimum absolute atomic E-state index is 0.360. The highest BCUT2D eigenvalue weighted by atomic mass is 16.5. The van der Waals surface area contributed by atoms with Crippen LogP contribution < -0.4 is 15.0 Å². The van der Waals surface area contributed by atoms with Crippen LogP contribution in [0.2, 0.25) is 0 Å². The zero-order chi connectivity index (χ0) is 15.8. The van der Waals surface area contributed by atoms with Crippen LogP contribution in [-0.4, -0.2) is 64.5 Å². The monoisotopic (exact) mass is 307 g/mol. The van der Waals surface area contributed by atoms with E-state index in [0.29, 0.717) is 6.54 Å². The van der Waals surface area contributed by atoms with E-state index in [2.05, 4.69) is 25.9 Å². The Balaban J connectivity index is 1.73. The van der Waals surface area contributed by atoms with Crippen molar-refractivity contribution in [3.8, 4) is 5.75 Å². The van der Waals surface area contributed by atoms with Gasteiger partial charge in [0.1, 0.15) is 5.75 Å². The lowest BCUT2D eigenvalue weighted by Gasteiger charge is -2.36. The summed E-state index contributed by atoms with van der Waals surface area (Å²) in [5.74, 6) is 0.929. The van der Waals surface area contributed by atoms with Crippen LogP contribution in [0.5, 0.6) is 5.75 Å². The highest BCUT2D eigenvalue weighted by Crippen LogP contribution is 2.28. The number of amides is 1. The van der Waals surface area contributed by atoms with Gasteiger partial charge >= 0.3 is 6.09 Å². The molecule has 0 aromatic heterocycles. The average Bonchev–Trinajstić information content (AvgIpc) is 2.59. The molecule has 6 nitrogen and oxygen atoms in total. The summed E-state index contributed by atoms with van der Waals surface area (Å²) in [4.78, 5) is 15.7. The van der Waals surface area contributed by atoms with Crippen molar-refractivity contribution in [1.29, 1.82) is 0 Å². The van der Waals surface area contributed by atoms with Crippen LogP contribution in [0.4, 0.5) is 10.5 Å². The molecule has 0 radical (unpaired) electrons. The normalized spacial score (nSPS) is 15.5. The second-order valence-electron chi connectivity index (χ2n) is 5.27. The molecule has 0 spiro atoms. The standard InChI is InChI=1S/C16H25N3O3/c1-21-15-7-4-3-6-14(15)19-12-10-18(11-13-19)9-5-8-17-16(20)22-2/h3-4,6-7H,5,8-13H2,1-2H3,(H,17,20). The van der Waals surface area contributed by atoms with Gasteiger partial charge in [-0.25, -0.2) is 4.79 Å². The molecule has 6 heteroatoms. The van der Waals surface area contributed by atoms with Gasteiger partial charge in [-0.2, -0.15) is 0 Å². The minimum Gasteiger partial charge on any atom is -0.495 e. The number of alkyl carbamates (subject to hydrolysis) is 1. The number of hydrogen-bond acceptors (Lipinski definition) is 5. The van der Waals surface area contributed by atoms with Crippen molar-refractivity contribution in [2.45, 2.75) is 6.42 Å². The molecule has 1 aromatic carbocycles. The molecule has 1 N–H and O–H groups in total. The summed E-state index contributed by atoms with van der Waals surface area (Å²) >= 11 is 0. The molecular formula is C16H25N3O3. The van der Waals surface area contributed by atoms with Crippen LogP contribution in [0.15, 0.2) is 24.3 Å². The summed E-state index contributed by atoms with van der Waals surface area (Å²) < 4.78 is 9.98. The predicted octanol–water partition coefficient (Wildman–Crippen LogP) is 1.56. The van der Waals surface area contributed by atoms with Crippen molar-refractivity contribution in [2.24, 2.45) is 0 Å². The molecule has 0 atom stereocenters. The van der Waals surface area contributed by atoms with Crippen LogP contribution >= 0.6 is 0 Å². The van der Waals surface area contributed by atoms with E-state index in [1.807, 2.05) is 18.2 Å². The number of methoxy groups -OCH3 is 2. The summed E-state index contributed by atoms with van der Waals surface area (Å²) in [7, 11) is 3.09. The lowest BCUT2D eigenvalue weighted by molar-refractivity contribution is 0.170. The third-order valence-electron chi connectivity index (χ3n) is 3.90. The molecule has 1 aromatic rings. The average molecular weight is 307 g/mol. The maximum Gasteiger partial charge on any atom is 0.406 e. The highest BCUT2D eigenvalue weighted by molar-refractivity contribution is 5.66. The van der Waals surface area contributed by atoms with Crippen LogP contribution in [-0.2, 0) is 4.74 Å². The Labute approximate surface area is 132 Å². The number of anilines is 1. The van der Waals surface area contributed by atoms with Crippen LogP contribution in [0.3, 0.4) is 0 Å². The fraction of sp³-hybridized carbons (Fsp3) is 0.562. The molecule has 0 saturated carbocycles. The lowest BCUT2D eigenvalue weighted by Crippen LogP contribution is -2.47. The summed E-state index contributed by atoms with van der Waals surface area (Å²) in [5, 5.41) is 2.71. The molecule has 1 amide bonds. The molecule has 0 aliphatic carbocycles. The molecule has 0 bridgehead atoms. The van der Waals surface area contributed by atoms with Gasteiger partial charge in [-0.3, -0.25) is 4.90 Å². The first kappa shape index (κ1) is 16.4. The van der Waals surface area contributed by atoms with Gasteiger partial charge < -0.3 is 19.7 Å². The second kappa shape index (κ2) is 8.48. The highest BCUT2D eigenvalue weighted by Gasteiger charge is 2.19. The quantitative estimate of drug-likeness (QED) is 0.809. The molecule has 1 aliphatic heterocycles. The van der Waals surface area contributed by atoms with Crippen molar-refractivity contribution >= 4 is 11.8 Å². The first-order valence-electron chi connectivity index (χ1n) is 7.66. The summed E-state index contributed by atoms with van der Waals surface area (Å²) in [6.07, 6.45) is 0.574. The molecule has 122 valence electrons. The molecule has 1 saturated heterocycles. The number of nitrogens with zero attached hydrogens (tertiary/aromatic N) is 2. The Morgan fingerprint density at radius 3 is 2.59 bits per heavy atom. The van der Waals surface area contributed by atoms with Crippen molar-refractivity contribution < 1.29 is 14.3 Å². The van der Waals surface area contributed by atoms with E-state index in [-0.39, 0.29) is 6.09 Å². The van der Waals surface area contributed by atoms with Crippen LogP contribution in [0.1, 0.15) is 6.42 Å². The topological polar surface area (TPSA) is 54.0 Å². The number of piperazine rings is 1. The van der Waals surface area contributed by atoms with Crippen molar-refractivity contribution in [2.75, 3.05) is 58.4 Å². The third kappa shape index (κ3) is 4.53. The summed E-state index contributed by atoms with van der Waals surface area (Å²) in [5.41, 5.74) is 1.16. The van der Waals surface area contributed by atoms with Crippen LogP contribution in [0.25, 0.3) is 0 Å². The SMILES string of the molecule is COC(=O)NCCCN1CCN(c2ccccc2OC)CC1. The van der Waals surface area contributed by atoms with Gasteiger partial charge in [0.25, 0.3) is 0 Å². The summed E-state index contributed by atoms with van der Waals surface area (Å²) in [6, 6.07) is 8.14. The van der Waals surface area contributed by atoms with E-state index in [9.17, 15) is 4.79 Å². The van der Waals surface area contributed by atoms with E-state index in [4.69, 9.17) is 4.74 Å². The molecule has 0 unspecified atom stereocenters. The van der Waals surface area contributed by atoms with Gasteiger partial charge in [-0.1, -0.05) is 12.1 Å². The third-order valence-corrected chi connectivity index (χ3v) is 3.90. The molecule has 1 heterocycles. The fourth-order valence-corrected chi connectivity index (χ4v) is 2.67. The van der Waals surface area contributed by atoms with Crippen molar-refractivity contribution in [3.05, 3.63) is 24.3 Å². The van der Waals surface area contributed by atoms with E-state index in [1.165, 1.54) is 7.11 Å². The van der Waals surface area contributed by atoms with Gasteiger partial charge in [0.2, 0.25) is 0 Å².